The molecule has 12 heavy (non-hydrogen) atoms. The van der Waals surface area contributed by atoms with Crippen LogP contribution in [0.5, 0.6) is 0 Å². The van der Waals surface area contributed by atoms with Crippen LogP contribution in [0, 0.1) is 11.8 Å². The van der Waals surface area contributed by atoms with E-state index in [0.29, 0.717) is 5.02 Å². The Kier molecular flexibility index (Phi) is 1.88. The lowest BCUT2D eigenvalue weighted by Crippen LogP contribution is -2.00. The summed E-state index contributed by atoms with van der Waals surface area (Å²) in [5.74, 6) is 5.69. The van der Waals surface area contributed by atoms with Gasteiger partial charge in [0.1, 0.15) is 5.60 Å². The molecule has 0 amide bonds. The highest BCUT2D eigenvalue weighted by atomic mass is 35.5. The van der Waals surface area contributed by atoms with Gasteiger partial charge in [0, 0.05) is 0 Å². The molecule has 62 valence electrons. The summed E-state index contributed by atoms with van der Waals surface area (Å²) in [6.07, 6.45) is 1.59. The minimum Gasteiger partial charge on any atom is -0.378 e. The van der Waals surface area contributed by atoms with E-state index in [2.05, 4.69) is 11.8 Å². The highest BCUT2D eigenvalue weighted by Gasteiger charge is 2.38. The molecule has 0 aromatic carbocycles. The van der Waals surface area contributed by atoms with E-state index in [4.69, 9.17) is 11.6 Å². The van der Waals surface area contributed by atoms with Crippen molar-refractivity contribution >= 4 is 22.9 Å². The minimum absolute atomic E-state index is 0.678. The maximum Gasteiger partial charge on any atom is 0.126 e. The molecule has 0 aliphatic heterocycles. The van der Waals surface area contributed by atoms with E-state index in [9.17, 15) is 5.11 Å². The highest BCUT2D eigenvalue weighted by molar-refractivity contribution is 7.11. The molecule has 2 rings (SSSR count). The van der Waals surface area contributed by atoms with Gasteiger partial charge in [-0.25, -0.2) is 0 Å². The van der Waals surface area contributed by atoms with Crippen LogP contribution in [-0.4, -0.2) is 10.7 Å². The zero-order chi connectivity index (χ0) is 8.60. The van der Waals surface area contributed by atoms with Crippen molar-refractivity contribution < 1.29 is 5.11 Å². The fraction of sp³-hybridized carbons (Fsp3) is 0.333. The average molecular weight is 199 g/mol. The zero-order valence-electron chi connectivity index (χ0n) is 6.30. The summed E-state index contributed by atoms with van der Waals surface area (Å²) < 4.78 is 0. The predicted octanol–water partition coefficient (Wildman–Crippen LogP) is 2.28. The molecule has 1 N–H and O–H groups in total. The van der Waals surface area contributed by atoms with Gasteiger partial charge in [0.15, 0.2) is 0 Å². The van der Waals surface area contributed by atoms with E-state index in [1.165, 1.54) is 11.3 Å². The van der Waals surface area contributed by atoms with E-state index in [1.54, 1.807) is 0 Å². The molecule has 1 aromatic rings. The lowest BCUT2D eigenvalue weighted by atomic mass is 10.3. The Balaban J connectivity index is 2.21. The smallest absolute Gasteiger partial charge is 0.126 e. The van der Waals surface area contributed by atoms with E-state index >= 15 is 0 Å². The van der Waals surface area contributed by atoms with E-state index < -0.39 is 5.60 Å². The van der Waals surface area contributed by atoms with Crippen molar-refractivity contribution in [3.8, 4) is 11.8 Å². The molecule has 1 aliphatic carbocycles. The molecule has 0 spiro atoms. The average Bonchev–Trinajstić information content (AvgIpc) is 2.61. The third-order valence-corrected chi connectivity index (χ3v) is 3.01. The Bertz CT molecular complexity index is 354. The summed E-state index contributed by atoms with van der Waals surface area (Å²) in [5.41, 5.74) is -0.701. The number of hydrogen-bond acceptors (Lipinski definition) is 2. The molecule has 1 nitrogen and oxygen atoms in total. The zero-order valence-corrected chi connectivity index (χ0v) is 7.87. The van der Waals surface area contributed by atoms with Crippen molar-refractivity contribution in [1.29, 1.82) is 0 Å². The van der Waals surface area contributed by atoms with Crippen molar-refractivity contribution in [2.45, 2.75) is 18.4 Å². The molecule has 1 heterocycles. The summed E-state index contributed by atoms with van der Waals surface area (Å²) in [4.78, 5) is 0.844. The minimum atomic E-state index is -0.701. The van der Waals surface area contributed by atoms with Crippen LogP contribution in [0.2, 0.25) is 5.02 Å². The first kappa shape index (κ1) is 8.12. The van der Waals surface area contributed by atoms with Gasteiger partial charge in [-0.15, -0.1) is 11.3 Å². The molecule has 0 bridgehead atoms. The van der Waals surface area contributed by atoms with Crippen LogP contribution in [0.1, 0.15) is 17.7 Å². The Morgan fingerprint density at radius 3 is 2.83 bits per heavy atom. The van der Waals surface area contributed by atoms with Crippen molar-refractivity contribution in [1.82, 2.24) is 0 Å². The van der Waals surface area contributed by atoms with Gasteiger partial charge in [-0.05, 0) is 24.3 Å². The quantitative estimate of drug-likeness (QED) is 0.635. The Hall–Kier alpha value is -0.490. The topological polar surface area (TPSA) is 20.2 Å². The van der Waals surface area contributed by atoms with Crippen molar-refractivity contribution in [3.63, 3.8) is 0 Å². The Labute approximate surface area is 80.0 Å². The molecule has 0 saturated heterocycles. The second-order valence-corrected chi connectivity index (χ2v) is 4.20. The van der Waals surface area contributed by atoms with Crippen LogP contribution in [0.15, 0.2) is 11.4 Å². The number of hydrogen-bond donors (Lipinski definition) is 1. The summed E-state index contributed by atoms with van der Waals surface area (Å²) in [5, 5.41) is 12.0. The molecule has 1 aromatic heterocycles. The molecule has 3 heteroatoms. The molecular weight excluding hydrogens is 192 g/mol. The fourth-order valence-electron chi connectivity index (χ4n) is 0.799. The van der Waals surface area contributed by atoms with Crippen LogP contribution in [0.3, 0.4) is 0 Å². The van der Waals surface area contributed by atoms with Crippen LogP contribution >= 0.6 is 22.9 Å². The van der Waals surface area contributed by atoms with E-state index in [-0.39, 0.29) is 0 Å². The summed E-state index contributed by atoms with van der Waals surface area (Å²) in [6, 6.07) is 1.81. The summed E-state index contributed by atoms with van der Waals surface area (Å²) >= 11 is 7.32. The molecule has 1 saturated carbocycles. The normalized spacial score (nSPS) is 18.2. The molecule has 1 fully saturated rings. The molecule has 1 aliphatic rings. The molecular formula is C9H7ClOS. The van der Waals surface area contributed by atoms with Gasteiger partial charge in [-0.2, -0.15) is 0 Å². The first-order valence-electron chi connectivity index (χ1n) is 3.68. The SMILES string of the molecule is OC1(C#Cc2sccc2Cl)CC1. The van der Waals surface area contributed by atoms with Crippen LogP contribution in [0.25, 0.3) is 0 Å². The first-order chi connectivity index (χ1) is 5.70. The largest absolute Gasteiger partial charge is 0.378 e. The third-order valence-electron chi connectivity index (χ3n) is 1.75. The second kappa shape index (κ2) is 2.77. The van der Waals surface area contributed by atoms with Crippen molar-refractivity contribution in [2.75, 3.05) is 0 Å². The highest BCUT2D eigenvalue weighted by Crippen LogP contribution is 2.34. The lowest BCUT2D eigenvalue weighted by molar-refractivity contribution is 0.212. The Morgan fingerprint density at radius 1 is 1.58 bits per heavy atom. The first-order valence-corrected chi connectivity index (χ1v) is 4.94. The van der Waals surface area contributed by atoms with Gasteiger partial charge >= 0.3 is 0 Å². The Morgan fingerprint density at radius 2 is 2.33 bits per heavy atom. The van der Waals surface area contributed by atoms with Gasteiger partial charge in [-0.3, -0.25) is 0 Å². The van der Waals surface area contributed by atoms with E-state index in [0.717, 1.165) is 17.7 Å². The third kappa shape index (κ3) is 1.64. The number of aliphatic hydroxyl groups is 1. The van der Waals surface area contributed by atoms with Crippen molar-refractivity contribution in [2.24, 2.45) is 0 Å². The maximum absolute atomic E-state index is 9.41. The monoisotopic (exact) mass is 198 g/mol. The van der Waals surface area contributed by atoms with Gasteiger partial charge in [0.05, 0.1) is 9.90 Å². The number of thiophene rings is 1. The summed E-state index contributed by atoms with van der Waals surface area (Å²) in [7, 11) is 0. The lowest BCUT2D eigenvalue weighted by Gasteiger charge is -1.91. The number of halogens is 1. The molecule has 0 radical (unpaired) electrons. The standard InChI is InChI=1S/C9H7ClOS/c10-7-2-6-12-8(7)1-3-9(11)4-5-9/h2,6,11H,4-5H2. The maximum atomic E-state index is 9.41. The van der Waals surface area contributed by atoms with Crippen LogP contribution < -0.4 is 0 Å². The van der Waals surface area contributed by atoms with Gasteiger partial charge in [0.25, 0.3) is 0 Å². The fourth-order valence-corrected chi connectivity index (χ4v) is 1.75. The van der Waals surface area contributed by atoms with Gasteiger partial charge < -0.3 is 5.11 Å². The predicted molar refractivity (Wildman–Crippen MR) is 50.4 cm³/mol. The van der Waals surface area contributed by atoms with Gasteiger partial charge in [-0.1, -0.05) is 23.4 Å². The second-order valence-electron chi connectivity index (χ2n) is 2.88. The molecule has 0 atom stereocenters. The van der Waals surface area contributed by atoms with Crippen molar-refractivity contribution in [3.05, 3.63) is 21.3 Å². The number of rotatable bonds is 0. The van der Waals surface area contributed by atoms with Crippen LogP contribution in [-0.2, 0) is 0 Å². The van der Waals surface area contributed by atoms with Gasteiger partial charge in [0.2, 0.25) is 0 Å². The molecule has 0 unspecified atom stereocenters. The van der Waals surface area contributed by atoms with E-state index in [1.807, 2.05) is 11.4 Å². The summed E-state index contributed by atoms with van der Waals surface area (Å²) in [6.45, 7) is 0. The van der Waals surface area contributed by atoms with Crippen LogP contribution in [0.4, 0.5) is 0 Å².